The zero-order valence-electron chi connectivity index (χ0n) is 20.9. The van der Waals surface area contributed by atoms with E-state index in [9.17, 15) is 9.59 Å². The predicted octanol–water partition coefficient (Wildman–Crippen LogP) is 4.35. The Morgan fingerprint density at radius 1 is 1.09 bits per heavy atom. The lowest BCUT2D eigenvalue weighted by Gasteiger charge is -2.37. The molecule has 3 rings (SSSR count). The fourth-order valence-corrected chi connectivity index (χ4v) is 4.30. The van der Waals surface area contributed by atoms with Gasteiger partial charge in [-0.3, -0.25) is 4.79 Å². The number of anilines is 1. The number of methoxy groups -OCH3 is 3. The van der Waals surface area contributed by atoms with Crippen LogP contribution in [0.3, 0.4) is 0 Å². The Morgan fingerprint density at radius 3 is 2.44 bits per heavy atom. The van der Waals surface area contributed by atoms with E-state index in [0.717, 1.165) is 11.1 Å². The van der Waals surface area contributed by atoms with Crippen LogP contribution in [0.15, 0.2) is 36.4 Å². The first-order valence-electron chi connectivity index (χ1n) is 11.5. The molecule has 34 heavy (non-hydrogen) atoms. The molecule has 1 heterocycles. The van der Waals surface area contributed by atoms with Crippen molar-refractivity contribution in [2.24, 2.45) is 5.92 Å². The van der Waals surface area contributed by atoms with Gasteiger partial charge in [0.15, 0.2) is 11.5 Å². The number of carbonyl (C=O) groups is 2. The summed E-state index contributed by atoms with van der Waals surface area (Å²) in [6.45, 7) is 7.10. The van der Waals surface area contributed by atoms with Gasteiger partial charge in [-0.2, -0.15) is 0 Å². The Hall–Kier alpha value is -3.42. The van der Waals surface area contributed by atoms with E-state index in [2.05, 4.69) is 5.32 Å². The van der Waals surface area contributed by atoms with Crippen molar-refractivity contribution in [1.82, 2.24) is 9.80 Å². The van der Waals surface area contributed by atoms with E-state index < -0.39 is 0 Å². The Morgan fingerprint density at radius 2 is 1.79 bits per heavy atom. The average molecular weight is 470 g/mol. The standard InChI is InChI=1S/C26H35N3O5/c1-17(2)15-28(26(31)27-20-8-7-9-21(13-20)32-4)16-25(30)29-11-10-19-12-23(33-5)24(34-6)14-22(19)18(29)3/h7-9,12-14,17-18H,10-11,15-16H2,1-6H3,(H,27,31). The molecule has 1 unspecified atom stereocenters. The molecule has 3 amide bonds. The van der Waals surface area contributed by atoms with Gasteiger partial charge >= 0.3 is 6.03 Å². The highest BCUT2D eigenvalue weighted by atomic mass is 16.5. The van der Waals surface area contributed by atoms with Gasteiger partial charge < -0.3 is 29.3 Å². The van der Waals surface area contributed by atoms with Gasteiger partial charge in [-0.15, -0.1) is 0 Å². The van der Waals surface area contributed by atoms with E-state index in [4.69, 9.17) is 14.2 Å². The molecule has 1 N–H and O–H groups in total. The highest BCUT2D eigenvalue weighted by Crippen LogP contribution is 2.38. The number of nitrogens with zero attached hydrogens (tertiary/aromatic N) is 2. The normalized spacial score (nSPS) is 14.9. The van der Waals surface area contributed by atoms with Crippen LogP contribution < -0.4 is 19.5 Å². The van der Waals surface area contributed by atoms with E-state index in [1.807, 2.05) is 49.9 Å². The molecule has 0 saturated carbocycles. The van der Waals surface area contributed by atoms with Gasteiger partial charge in [0.2, 0.25) is 5.91 Å². The lowest BCUT2D eigenvalue weighted by molar-refractivity contribution is -0.134. The molecule has 1 aliphatic rings. The molecule has 1 aliphatic heterocycles. The summed E-state index contributed by atoms with van der Waals surface area (Å²) in [5, 5.41) is 2.89. The summed E-state index contributed by atoms with van der Waals surface area (Å²) in [4.78, 5) is 29.9. The van der Waals surface area contributed by atoms with Gasteiger partial charge in [0.25, 0.3) is 0 Å². The third kappa shape index (κ3) is 5.73. The fourth-order valence-electron chi connectivity index (χ4n) is 4.30. The van der Waals surface area contributed by atoms with E-state index in [1.165, 1.54) is 0 Å². The number of ether oxygens (including phenoxy) is 3. The summed E-state index contributed by atoms with van der Waals surface area (Å²) in [7, 11) is 4.80. The molecule has 0 saturated heterocycles. The summed E-state index contributed by atoms with van der Waals surface area (Å²) < 4.78 is 16.1. The number of amides is 3. The highest BCUT2D eigenvalue weighted by Gasteiger charge is 2.31. The number of fused-ring (bicyclic) bond motifs is 1. The largest absolute Gasteiger partial charge is 0.497 e. The van der Waals surface area contributed by atoms with Crippen LogP contribution in [-0.4, -0.2) is 62.7 Å². The number of benzene rings is 2. The van der Waals surface area contributed by atoms with Crippen LogP contribution in [0.5, 0.6) is 17.2 Å². The Kier molecular flexibility index (Phi) is 8.26. The van der Waals surface area contributed by atoms with Crippen LogP contribution in [0.1, 0.15) is 37.9 Å². The second kappa shape index (κ2) is 11.1. The van der Waals surface area contributed by atoms with Crippen LogP contribution in [0.2, 0.25) is 0 Å². The second-order valence-corrected chi connectivity index (χ2v) is 8.86. The van der Waals surface area contributed by atoms with E-state index in [-0.39, 0.29) is 30.4 Å². The minimum absolute atomic E-state index is 0.000937. The Balaban J connectivity index is 1.75. The van der Waals surface area contributed by atoms with Crippen molar-refractivity contribution in [2.75, 3.05) is 46.3 Å². The van der Waals surface area contributed by atoms with Crippen LogP contribution in [0, 0.1) is 5.92 Å². The second-order valence-electron chi connectivity index (χ2n) is 8.86. The lowest BCUT2D eigenvalue weighted by atomic mass is 9.92. The van der Waals surface area contributed by atoms with Crippen molar-refractivity contribution in [3.8, 4) is 17.2 Å². The number of urea groups is 1. The molecule has 0 bridgehead atoms. The van der Waals surface area contributed by atoms with Crippen LogP contribution in [-0.2, 0) is 11.2 Å². The maximum atomic E-state index is 13.4. The average Bonchev–Trinajstić information content (AvgIpc) is 2.82. The SMILES string of the molecule is COc1cccc(NC(=O)N(CC(=O)N2CCc3cc(OC)c(OC)cc3C2C)CC(C)C)c1. The molecular weight excluding hydrogens is 434 g/mol. The number of rotatable bonds is 8. The van der Waals surface area contributed by atoms with Crippen molar-refractivity contribution in [3.05, 3.63) is 47.5 Å². The minimum atomic E-state index is -0.313. The van der Waals surface area contributed by atoms with Crippen molar-refractivity contribution < 1.29 is 23.8 Å². The van der Waals surface area contributed by atoms with Crippen LogP contribution in [0.25, 0.3) is 0 Å². The summed E-state index contributed by atoms with van der Waals surface area (Å²) in [6.07, 6.45) is 0.714. The molecular formula is C26H35N3O5. The lowest BCUT2D eigenvalue weighted by Crippen LogP contribution is -2.48. The molecule has 0 aromatic heterocycles. The zero-order valence-corrected chi connectivity index (χ0v) is 20.9. The van der Waals surface area contributed by atoms with Crippen LogP contribution in [0.4, 0.5) is 10.5 Å². The third-order valence-corrected chi connectivity index (χ3v) is 6.03. The molecule has 184 valence electrons. The van der Waals surface area contributed by atoms with E-state index >= 15 is 0 Å². The molecule has 0 aliphatic carbocycles. The highest BCUT2D eigenvalue weighted by molar-refractivity contribution is 5.92. The molecule has 2 aromatic carbocycles. The summed E-state index contributed by atoms with van der Waals surface area (Å²) in [5.41, 5.74) is 2.80. The van der Waals surface area contributed by atoms with Gasteiger partial charge in [0.05, 0.1) is 27.4 Å². The predicted molar refractivity (Wildman–Crippen MR) is 132 cm³/mol. The Labute approximate surface area is 201 Å². The van der Waals surface area contributed by atoms with Gasteiger partial charge in [0, 0.05) is 24.8 Å². The first kappa shape index (κ1) is 25.2. The first-order valence-corrected chi connectivity index (χ1v) is 11.5. The van der Waals surface area contributed by atoms with Gasteiger partial charge in [-0.05, 0) is 54.7 Å². The Bertz CT molecular complexity index is 1020. The van der Waals surface area contributed by atoms with Crippen molar-refractivity contribution in [3.63, 3.8) is 0 Å². The summed E-state index contributed by atoms with van der Waals surface area (Å²) in [6, 6.07) is 10.6. The first-order chi connectivity index (χ1) is 16.3. The minimum Gasteiger partial charge on any atom is -0.497 e. The van der Waals surface area contributed by atoms with Gasteiger partial charge in [-0.1, -0.05) is 19.9 Å². The molecule has 1 atom stereocenters. The maximum absolute atomic E-state index is 13.4. The zero-order chi connectivity index (χ0) is 24.8. The van der Waals surface area contributed by atoms with Gasteiger partial charge in [-0.25, -0.2) is 4.79 Å². The smallest absolute Gasteiger partial charge is 0.322 e. The molecule has 0 radical (unpaired) electrons. The number of carbonyl (C=O) groups excluding carboxylic acids is 2. The number of hydrogen-bond acceptors (Lipinski definition) is 5. The van der Waals surface area contributed by atoms with Crippen LogP contribution >= 0.6 is 0 Å². The number of nitrogens with one attached hydrogen (secondary N) is 1. The van der Waals surface area contributed by atoms with E-state index in [0.29, 0.717) is 42.4 Å². The number of hydrogen-bond donors (Lipinski definition) is 1. The summed E-state index contributed by atoms with van der Waals surface area (Å²) in [5.74, 6) is 2.10. The van der Waals surface area contributed by atoms with Crippen molar-refractivity contribution in [2.45, 2.75) is 33.2 Å². The molecule has 0 fully saturated rings. The van der Waals surface area contributed by atoms with Gasteiger partial charge in [0.1, 0.15) is 12.3 Å². The maximum Gasteiger partial charge on any atom is 0.322 e. The molecule has 0 spiro atoms. The molecule has 8 heteroatoms. The third-order valence-electron chi connectivity index (χ3n) is 6.03. The summed E-state index contributed by atoms with van der Waals surface area (Å²) >= 11 is 0. The van der Waals surface area contributed by atoms with Crippen molar-refractivity contribution >= 4 is 17.6 Å². The fraction of sp³-hybridized carbons (Fsp3) is 0.462. The molecule has 2 aromatic rings. The monoisotopic (exact) mass is 469 g/mol. The molecule has 8 nitrogen and oxygen atoms in total. The van der Waals surface area contributed by atoms with E-state index in [1.54, 1.807) is 38.4 Å². The topological polar surface area (TPSA) is 80.3 Å². The van der Waals surface area contributed by atoms with Crippen molar-refractivity contribution in [1.29, 1.82) is 0 Å². The quantitative estimate of drug-likeness (QED) is 0.622.